The first-order valence-electron chi connectivity index (χ1n) is 11.5. The molecule has 0 spiro atoms. The molecule has 0 saturated carbocycles. The van der Waals surface area contributed by atoms with Gasteiger partial charge in [-0.25, -0.2) is 0 Å². The highest BCUT2D eigenvalue weighted by Gasteiger charge is 2.38. The number of hydrogen-bond acceptors (Lipinski definition) is 6. The van der Waals surface area contributed by atoms with E-state index >= 15 is 0 Å². The maximum atomic E-state index is 12.9. The van der Waals surface area contributed by atoms with E-state index in [0.29, 0.717) is 11.4 Å². The van der Waals surface area contributed by atoms with Gasteiger partial charge in [-0.15, -0.1) is 11.3 Å². The number of hydrogen-bond donors (Lipinski definition) is 3. The number of aliphatic hydroxyl groups excluding tert-OH is 2. The zero-order chi connectivity index (χ0) is 24.9. The predicted molar refractivity (Wildman–Crippen MR) is 133 cm³/mol. The van der Waals surface area contributed by atoms with Gasteiger partial charge in [-0.2, -0.15) is 5.26 Å². The molecule has 1 aromatic heterocycles. The van der Waals surface area contributed by atoms with Crippen molar-refractivity contribution in [3.8, 4) is 17.2 Å². The molecule has 2 amide bonds. The maximum Gasteiger partial charge on any atom is 0.255 e. The summed E-state index contributed by atoms with van der Waals surface area (Å²) in [5.74, 6) is -1.47. The van der Waals surface area contributed by atoms with Gasteiger partial charge in [-0.1, -0.05) is 54.6 Å². The molecule has 1 saturated heterocycles. The zero-order valence-corrected chi connectivity index (χ0v) is 20.1. The average molecular weight is 490 g/mol. The first-order chi connectivity index (χ1) is 16.9. The highest BCUT2D eigenvalue weighted by molar-refractivity contribution is 7.11. The fourth-order valence-corrected chi connectivity index (χ4v) is 5.16. The second-order valence-electron chi connectivity index (χ2n) is 8.62. The Labute approximate surface area is 208 Å². The van der Waals surface area contributed by atoms with E-state index in [0.717, 1.165) is 35.1 Å². The van der Waals surface area contributed by atoms with Crippen LogP contribution in [0.15, 0.2) is 66.0 Å². The molecule has 2 aromatic carbocycles. The average Bonchev–Trinajstić information content (AvgIpc) is 3.58. The third kappa shape index (κ3) is 5.28. The molecule has 35 heavy (non-hydrogen) atoms. The van der Waals surface area contributed by atoms with E-state index in [9.17, 15) is 25.1 Å². The van der Waals surface area contributed by atoms with Crippen LogP contribution in [0.3, 0.4) is 0 Å². The van der Waals surface area contributed by atoms with Crippen LogP contribution in [0.5, 0.6) is 0 Å². The number of nitrogens with one attached hydrogen (secondary N) is 1. The number of thiophene rings is 1. The molecular weight excluding hydrogens is 462 g/mol. The number of nitriles is 1. The van der Waals surface area contributed by atoms with E-state index in [-0.39, 0.29) is 6.04 Å². The largest absolute Gasteiger partial charge is 0.380 e. The van der Waals surface area contributed by atoms with Gasteiger partial charge < -0.3 is 20.4 Å². The third-order valence-corrected chi connectivity index (χ3v) is 7.21. The number of carbonyl (C=O) groups excluding carboxylic acids is 2. The smallest absolute Gasteiger partial charge is 0.255 e. The summed E-state index contributed by atoms with van der Waals surface area (Å²) in [5.41, 5.74) is 3.50. The van der Waals surface area contributed by atoms with Gasteiger partial charge in [-0.3, -0.25) is 9.59 Å². The summed E-state index contributed by atoms with van der Waals surface area (Å²) in [6, 6.07) is 20.4. The van der Waals surface area contributed by atoms with Crippen molar-refractivity contribution in [2.24, 2.45) is 0 Å². The molecule has 4 atom stereocenters. The lowest BCUT2D eigenvalue weighted by molar-refractivity contribution is -0.154. The van der Waals surface area contributed by atoms with Gasteiger partial charge in [0, 0.05) is 12.1 Å². The molecule has 0 aliphatic carbocycles. The molecule has 7 nitrogen and oxygen atoms in total. The lowest BCUT2D eigenvalue weighted by Crippen LogP contribution is -2.50. The van der Waals surface area contributed by atoms with Crippen molar-refractivity contribution < 1.29 is 19.8 Å². The van der Waals surface area contributed by atoms with Crippen LogP contribution >= 0.6 is 11.3 Å². The molecule has 2 heterocycles. The van der Waals surface area contributed by atoms with Crippen molar-refractivity contribution in [1.82, 2.24) is 10.2 Å². The van der Waals surface area contributed by atoms with Crippen LogP contribution in [0.25, 0.3) is 11.1 Å². The maximum absolute atomic E-state index is 12.9. The Kier molecular flexibility index (Phi) is 7.61. The van der Waals surface area contributed by atoms with Gasteiger partial charge in [0.2, 0.25) is 0 Å². The quantitative estimate of drug-likeness (QED) is 0.470. The highest BCUT2D eigenvalue weighted by Crippen LogP contribution is 2.32. The van der Waals surface area contributed by atoms with Crippen molar-refractivity contribution in [1.29, 1.82) is 5.26 Å². The first-order valence-corrected chi connectivity index (χ1v) is 12.4. The Morgan fingerprint density at radius 1 is 1.09 bits per heavy atom. The Morgan fingerprint density at radius 2 is 1.80 bits per heavy atom. The van der Waals surface area contributed by atoms with Crippen molar-refractivity contribution in [3.63, 3.8) is 0 Å². The van der Waals surface area contributed by atoms with Gasteiger partial charge in [-0.05, 0) is 47.9 Å². The number of benzene rings is 2. The molecule has 1 aliphatic heterocycles. The normalized spacial score (nSPS) is 17.9. The Balaban J connectivity index is 1.38. The van der Waals surface area contributed by atoms with Crippen LogP contribution in [0.4, 0.5) is 0 Å². The fraction of sp³-hybridized carbons (Fsp3) is 0.296. The highest BCUT2D eigenvalue weighted by atomic mass is 32.1. The SMILES string of the molecule is C[C@@H](NC(=O)[C@H](O)[C@@H](O)C(=O)N1CCCC1c1ccccc1)c1ccc(-c2ccsc2C#N)cc1. The standard InChI is InChI=1S/C27H27N3O4S/c1-17(18-9-11-19(12-10-18)21-13-15-35-23(21)16-28)29-26(33)24(31)25(32)27(34)30-14-5-8-22(30)20-6-3-2-4-7-20/h2-4,6-7,9-13,15,17,22,24-25,31-32H,5,8,14H2,1H3,(H,29,33)/t17-,22?,24-,25-/m1/s1. The van der Waals surface area contributed by atoms with E-state index in [2.05, 4.69) is 11.4 Å². The summed E-state index contributed by atoms with van der Waals surface area (Å²) in [6.07, 6.45) is -2.18. The molecule has 0 bridgehead atoms. The van der Waals surface area contributed by atoms with Crippen LogP contribution in [-0.2, 0) is 9.59 Å². The summed E-state index contributed by atoms with van der Waals surface area (Å²) < 4.78 is 0. The fourth-order valence-electron chi connectivity index (χ4n) is 4.46. The molecular formula is C27H27N3O4S. The number of nitrogens with zero attached hydrogens (tertiary/aromatic N) is 2. The molecule has 180 valence electrons. The molecule has 1 fully saturated rings. The minimum atomic E-state index is -1.88. The lowest BCUT2D eigenvalue weighted by Gasteiger charge is -2.29. The van der Waals surface area contributed by atoms with Crippen LogP contribution in [0.1, 0.15) is 47.9 Å². The Morgan fingerprint density at radius 3 is 2.49 bits per heavy atom. The summed E-state index contributed by atoms with van der Waals surface area (Å²) in [6.45, 7) is 2.22. The predicted octanol–water partition coefficient (Wildman–Crippen LogP) is 3.55. The van der Waals surface area contributed by atoms with Crippen LogP contribution in [0.2, 0.25) is 0 Å². The molecule has 8 heteroatoms. The van der Waals surface area contributed by atoms with Crippen molar-refractivity contribution in [2.45, 2.75) is 44.1 Å². The van der Waals surface area contributed by atoms with Crippen LogP contribution in [0, 0.1) is 11.3 Å². The van der Waals surface area contributed by atoms with Gasteiger partial charge in [0.15, 0.2) is 12.2 Å². The molecule has 1 aliphatic rings. The van der Waals surface area contributed by atoms with E-state index in [4.69, 9.17) is 0 Å². The second-order valence-corrected chi connectivity index (χ2v) is 9.53. The molecule has 0 radical (unpaired) electrons. The van der Waals surface area contributed by atoms with Gasteiger partial charge in [0.1, 0.15) is 10.9 Å². The Bertz CT molecular complexity index is 1220. The first kappa shape index (κ1) is 24.6. The molecule has 4 rings (SSSR count). The number of aliphatic hydroxyl groups is 2. The summed E-state index contributed by atoms with van der Waals surface area (Å²) >= 11 is 1.38. The van der Waals surface area contributed by atoms with Crippen molar-refractivity contribution in [3.05, 3.63) is 82.0 Å². The van der Waals surface area contributed by atoms with Gasteiger partial charge in [0.05, 0.1) is 12.1 Å². The molecule has 1 unspecified atom stereocenters. The van der Waals surface area contributed by atoms with Crippen molar-refractivity contribution >= 4 is 23.2 Å². The lowest BCUT2D eigenvalue weighted by atomic mass is 10.0. The second kappa shape index (κ2) is 10.8. The third-order valence-electron chi connectivity index (χ3n) is 6.39. The number of amides is 2. The number of rotatable bonds is 7. The summed E-state index contributed by atoms with van der Waals surface area (Å²) in [7, 11) is 0. The van der Waals surface area contributed by atoms with E-state index < -0.39 is 30.1 Å². The summed E-state index contributed by atoms with van der Waals surface area (Å²) in [4.78, 5) is 27.8. The van der Waals surface area contributed by atoms with Crippen molar-refractivity contribution in [2.75, 3.05) is 6.54 Å². The molecule has 3 aromatic rings. The van der Waals surface area contributed by atoms with Crippen LogP contribution < -0.4 is 5.32 Å². The van der Waals surface area contributed by atoms with Gasteiger partial charge >= 0.3 is 0 Å². The topological polar surface area (TPSA) is 114 Å². The Hall–Kier alpha value is -3.51. The minimum absolute atomic E-state index is 0.184. The summed E-state index contributed by atoms with van der Waals surface area (Å²) in [5, 5.41) is 34.8. The monoisotopic (exact) mass is 489 g/mol. The minimum Gasteiger partial charge on any atom is -0.380 e. The molecule has 3 N–H and O–H groups in total. The van der Waals surface area contributed by atoms with E-state index in [1.54, 1.807) is 11.8 Å². The number of likely N-dealkylation sites (tertiary alicyclic amines) is 1. The van der Waals surface area contributed by atoms with Gasteiger partial charge in [0.25, 0.3) is 11.8 Å². The number of carbonyl (C=O) groups is 2. The van der Waals surface area contributed by atoms with E-state index in [1.807, 2.05) is 66.0 Å². The van der Waals surface area contributed by atoms with Crippen LogP contribution in [-0.4, -0.2) is 45.7 Å². The zero-order valence-electron chi connectivity index (χ0n) is 19.3. The van der Waals surface area contributed by atoms with E-state index in [1.165, 1.54) is 11.3 Å².